The van der Waals surface area contributed by atoms with Gasteiger partial charge in [-0.3, -0.25) is 20.4 Å². The summed E-state index contributed by atoms with van der Waals surface area (Å²) in [4.78, 5) is 12.9. The van der Waals surface area contributed by atoms with Crippen LogP contribution in [0.25, 0.3) is 0 Å². The van der Waals surface area contributed by atoms with Crippen molar-refractivity contribution < 1.29 is 4.92 Å². The molecule has 1 aromatic carbocycles. The highest BCUT2D eigenvalue weighted by molar-refractivity contribution is 6.31. The Hall–Kier alpha value is -1.66. The lowest BCUT2D eigenvalue weighted by Gasteiger charge is -2.39. The molecular formula is C13H15ClN4O2. The summed E-state index contributed by atoms with van der Waals surface area (Å²) >= 11 is 5.89. The first-order valence-corrected chi connectivity index (χ1v) is 7.00. The largest absolute Gasteiger partial charge is 0.298 e. The molecule has 3 aliphatic rings. The van der Waals surface area contributed by atoms with Crippen LogP contribution in [0.3, 0.4) is 0 Å². The Morgan fingerprint density at radius 1 is 1.40 bits per heavy atom. The van der Waals surface area contributed by atoms with E-state index in [1.807, 2.05) is 0 Å². The third-order valence-corrected chi connectivity index (χ3v) is 4.15. The average molecular weight is 295 g/mol. The summed E-state index contributed by atoms with van der Waals surface area (Å²) < 4.78 is 0. The number of hydrogen-bond acceptors (Lipinski definition) is 5. The molecule has 20 heavy (non-hydrogen) atoms. The van der Waals surface area contributed by atoms with Gasteiger partial charge in [0.25, 0.3) is 5.69 Å². The van der Waals surface area contributed by atoms with Crippen molar-refractivity contribution in [1.82, 2.24) is 4.90 Å². The molecule has 0 atom stereocenters. The molecule has 4 rings (SSSR count). The summed E-state index contributed by atoms with van der Waals surface area (Å²) in [6.45, 7) is 3.11. The summed E-state index contributed by atoms with van der Waals surface area (Å²) in [6.07, 6.45) is 2.25. The van der Waals surface area contributed by atoms with Gasteiger partial charge in [0.15, 0.2) is 0 Å². The molecule has 2 bridgehead atoms. The third kappa shape index (κ3) is 2.62. The number of benzene rings is 1. The minimum atomic E-state index is -0.435. The van der Waals surface area contributed by atoms with Crippen molar-refractivity contribution in [3.63, 3.8) is 0 Å². The zero-order valence-corrected chi connectivity index (χ0v) is 11.6. The highest BCUT2D eigenvalue weighted by Gasteiger charge is 2.31. The van der Waals surface area contributed by atoms with Crippen LogP contribution >= 0.6 is 11.6 Å². The van der Waals surface area contributed by atoms with Gasteiger partial charge in [-0.15, -0.1) is 0 Å². The fourth-order valence-corrected chi connectivity index (χ4v) is 2.97. The molecule has 3 saturated heterocycles. The van der Waals surface area contributed by atoms with Gasteiger partial charge in [-0.05, 0) is 38.1 Å². The Balaban J connectivity index is 1.81. The molecule has 3 heterocycles. The number of nitrogens with one attached hydrogen (secondary N) is 1. The van der Waals surface area contributed by atoms with E-state index in [1.54, 1.807) is 0 Å². The van der Waals surface area contributed by atoms with E-state index >= 15 is 0 Å². The fraction of sp³-hybridized carbons (Fsp3) is 0.462. The summed E-state index contributed by atoms with van der Waals surface area (Å²) in [7, 11) is 0. The lowest BCUT2D eigenvalue weighted by Crippen LogP contribution is -2.48. The van der Waals surface area contributed by atoms with Gasteiger partial charge < -0.3 is 0 Å². The highest BCUT2D eigenvalue weighted by atomic mass is 35.5. The number of nitrogens with zero attached hydrogens (tertiary/aromatic N) is 3. The minimum Gasteiger partial charge on any atom is -0.298 e. The lowest BCUT2D eigenvalue weighted by molar-refractivity contribution is -0.384. The van der Waals surface area contributed by atoms with Gasteiger partial charge in [0.05, 0.1) is 10.6 Å². The van der Waals surface area contributed by atoms with Crippen LogP contribution in [0, 0.1) is 16.0 Å². The van der Waals surface area contributed by atoms with Crippen molar-refractivity contribution in [2.45, 2.75) is 12.8 Å². The first-order chi connectivity index (χ1) is 9.63. The predicted molar refractivity (Wildman–Crippen MR) is 78.3 cm³/mol. The summed E-state index contributed by atoms with van der Waals surface area (Å²) in [5, 5.41) is 15.8. The number of hydrazone groups is 1. The number of hydrogen-bond donors (Lipinski definition) is 1. The van der Waals surface area contributed by atoms with Crippen LogP contribution in [-0.2, 0) is 0 Å². The molecule has 0 radical (unpaired) electrons. The standard InChI is InChI=1S/C13H15ClN4O2/c14-10-1-2-13(18(19)20)11(7-10)15-16-12-8-17-5-3-9(12)4-6-17/h1-2,7,9,15H,3-6,8H2/b16-12+. The molecule has 1 aromatic rings. The number of halogens is 1. The number of fused-ring (bicyclic) bond motifs is 3. The van der Waals surface area contributed by atoms with Crippen LogP contribution < -0.4 is 5.43 Å². The summed E-state index contributed by atoms with van der Waals surface area (Å²) in [6, 6.07) is 4.43. The molecule has 3 fully saturated rings. The van der Waals surface area contributed by atoms with Crippen LogP contribution in [0.1, 0.15) is 12.8 Å². The second kappa shape index (κ2) is 5.38. The Labute approximate surface area is 121 Å². The topological polar surface area (TPSA) is 70.8 Å². The zero-order valence-electron chi connectivity index (χ0n) is 10.9. The number of nitro groups is 1. The molecule has 0 saturated carbocycles. The van der Waals surface area contributed by atoms with Gasteiger partial charge in [0.1, 0.15) is 5.69 Å². The number of anilines is 1. The van der Waals surface area contributed by atoms with Gasteiger partial charge in [-0.2, -0.15) is 5.10 Å². The SMILES string of the molecule is O=[N+]([O-])c1ccc(Cl)cc1N/N=C1\CN2CCC1CC2. The Morgan fingerprint density at radius 3 is 2.75 bits per heavy atom. The number of piperidine rings is 3. The van der Waals surface area contributed by atoms with E-state index in [2.05, 4.69) is 15.4 Å². The maximum absolute atomic E-state index is 11.0. The van der Waals surface area contributed by atoms with Gasteiger partial charge >= 0.3 is 0 Å². The minimum absolute atomic E-state index is 0.0139. The van der Waals surface area contributed by atoms with E-state index in [4.69, 9.17) is 11.6 Å². The van der Waals surface area contributed by atoms with E-state index < -0.39 is 4.92 Å². The predicted octanol–water partition coefficient (Wildman–Crippen LogP) is 2.74. The Morgan fingerprint density at radius 2 is 2.15 bits per heavy atom. The zero-order chi connectivity index (χ0) is 14.1. The molecule has 0 unspecified atom stereocenters. The Kier molecular flexibility index (Phi) is 3.58. The summed E-state index contributed by atoms with van der Waals surface area (Å²) in [5.41, 5.74) is 4.23. The second-order valence-electron chi connectivity index (χ2n) is 5.18. The van der Waals surface area contributed by atoms with Gasteiger partial charge in [0.2, 0.25) is 0 Å². The van der Waals surface area contributed by atoms with E-state index in [1.165, 1.54) is 18.2 Å². The third-order valence-electron chi connectivity index (χ3n) is 3.92. The maximum Gasteiger partial charge on any atom is 0.294 e. The molecule has 0 aliphatic carbocycles. The molecule has 1 N–H and O–H groups in total. The summed E-state index contributed by atoms with van der Waals surface area (Å²) in [5.74, 6) is 0.505. The average Bonchev–Trinajstić information content (AvgIpc) is 2.46. The van der Waals surface area contributed by atoms with E-state index in [9.17, 15) is 10.1 Å². The molecule has 3 aliphatic heterocycles. The van der Waals surface area contributed by atoms with E-state index in [-0.39, 0.29) is 5.69 Å². The van der Waals surface area contributed by atoms with Crippen LogP contribution in [0.4, 0.5) is 11.4 Å². The molecule has 0 aromatic heterocycles. The second-order valence-corrected chi connectivity index (χ2v) is 5.62. The molecule has 0 amide bonds. The lowest BCUT2D eigenvalue weighted by atomic mass is 9.87. The van der Waals surface area contributed by atoms with Crippen molar-refractivity contribution in [3.8, 4) is 0 Å². The molecular weight excluding hydrogens is 280 g/mol. The van der Waals surface area contributed by atoms with Crippen LogP contribution in [-0.4, -0.2) is 35.2 Å². The van der Waals surface area contributed by atoms with E-state index in [0.29, 0.717) is 16.6 Å². The number of rotatable bonds is 3. The van der Waals surface area contributed by atoms with Crippen molar-refractivity contribution in [1.29, 1.82) is 0 Å². The quantitative estimate of drug-likeness (QED) is 0.687. The monoisotopic (exact) mass is 294 g/mol. The van der Waals surface area contributed by atoms with Gasteiger partial charge in [0, 0.05) is 23.6 Å². The first-order valence-electron chi connectivity index (χ1n) is 6.62. The van der Waals surface area contributed by atoms with Gasteiger partial charge in [-0.1, -0.05) is 11.6 Å². The van der Waals surface area contributed by atoms with Crippen molar-refractivity contribution in [2.24, 2.45) is 11.0 Å². The first kappa shape index (κ1) is 13.3. The molecule has 7 heteroatoms. The molecule has 106 valence electrons. The van der Waals surface area contributed by atoms with Gasteiger partial charge in [-0.25, -0.2) is 0 Å². The van der Waals surface area contributed by atoms with Crippen LogP contribution in [0.15, 0.2) is 23.3 Å². The van der Waals surface area contributed by atoms with Crippen molar-refractivity contribution >= 4 is 28.7 Å². The van der Waals surface area contributed by atoms with Crippen LogP contribution in [0.5, 0.6) is 0 Å². The smallest absolute Gasteiger partial charge is 0.294 e. The highest BCUT2D eigenvalue weighted by Crippen LogP contribution is 2.29. The normalized spacial score (nSPS) is 26.8. The van der Waals surface area contributed by atoms with Crippen molar-refractivity contribution in [3.05, 3.63) is 33.3 Å². The molecule has 0 spiro atoms. The fourth-order valence-electron chi connectivity index (χ4n) is 2.80. The van der Waals surface area contributed by atoms with Crippen molar-refractivity contribution in [2.75, 3.05) is 25.1 Å². The van der Waals surface area contributed by atoms with E-state index in [0.717, 1.165) is 38.2 Å². The van der Waals surface area contributed by atoms with Crippen LogP contribution in [0.2, 0.25) is 5.02 Å². The number of nitro benzene ring substituents is 1. The Bertz CT molecular complexity index is 567. The molecule has 6 nitrogen and oxygen atoms in total. The maximum atomic E-state index is 11.0.